The van der Waals surface area contributed by atoms with E-state index < -0.39 is 5.97 Å². The van der Waals surface area contributed by atoms with Crippen LogP contribution in [0, 0.1) is 0 Å². The maximum Gasteiger partial charge on any atom is 0.323 e. The van der Waals surface area contributed by atoms with Crippen molar-refractivity contribution in [2.45, 2.75) is 25.5 Å². The number of benzene rings is 2. The summed E-state index contributed by atoms with van der Waals surface area (Å²) >= 11 is 0. The zero-order chi connectivity index (χ0) is 20.2. The first-order valence-corrected chi connectivity index (χ1v) is 9.55. The molecule has 1 saturated heterocycles. The van der Waals surface area contributed by atoms with Crippen molar-refractivity contribution in [3.05, 3.63) is 60.3 Å². The normalized spacial score (nSPS) is 16.1. The van der Waals surface area contributed by atoms with E-state index in [0.29, 0.717) is 23.6 Å². The number of nitrogens with one attached hydrogen (secondary N) is 1. The number of hydrogen-bond donors (Lipinski definition) is 2. The molecule has 2 aromatic carbocycles. The number of aliphatic carboxylic acids is 1. The Morgan fingerprint density at radius 1 is 1.21 bits per heavy atom. The van der Waals surface area contributed by atoms with Crippen LogP contribution in [0.2, 0.25) is 0 Å². The number of carboxylic acids is 1. The molecule has 1 amide bonds. The average molecular weight is 394 g/mol. The zero-order valence-electron chi connectivity index (χ0n) is 15.8. The smallest absolute Gasteiger partial charge is 0.323 e. The molecule has 4 rings (SSSR count). The predicted molar refractivity (Wildman–Crippen MR) is 108 cm³/mol. The summed E-state index contributed by atoms with van der Waals surface area (Å²) in [4.78, 5) is 23.6. The van der Waals surface area contributed by atoms with Gasteiger partial charge in [-0.2, -0.15) is 0 Å². The predicted octanol–water partition coefficient (Wildman–Crippen LogP) is 3.54. The number of aromatic nitrogens is 1. The Balaban J connectivity index is 1.43. The van der Waals surface area contributed by atoms with Gasteiger partial charge in [-0.25, -0.2) is 0 Å². The summed E-state index contributed by atoms with van der Waals surface area (Å²) in [5.74, 6) is -0.507. The molecule has 2 N–H and O–H groups in total. The maximum absolute atomic E-state index is 12.6. The molecule has 1 fully saturated rings. The number of rotatable bonds is 7. The van der Waals surface area contributed by atoms with E-state index in [1.807, 2.05) is 18.2 Å². The lowest BCUT2D eigenvalue weighted by Gasteiger charge is -2.12. The Hall–Kier alpha value is -3.32. The van der Waals surface area contributed by atoms with E-state index in [9.17, 15) is 9.59 Å². The second-order valence-electron chi connectivity index (χ2n) is 7.04. The Bertz CT molecular complexity index is 1040. The summed E-state index contributed by atoms with van der Waals surface area (Å²) in [5, 5.41) is 12.7. The van der Waals surface area contributed by atoms with Crippen LogP contribution in [0.25, 0.3) is 10.9 Å². The molecule has 0 aliphatic carbocycles. The van der Waals surface area contributed by atoms with Crippen molar-refractivity contribution in [2.24, 2.45) is 0 Å². The molecule has 1 aliphatic rings. The van der Waals surface area contributed by atoms with Crippen molar-refractivity contribution >= 4 is 28.5 Å². The highest BCUT2D eigenvalue weighted by Crippen LogP contribution is 2.22. The summed E-state index contributed by atoms with van der Waals surface area (Å²) < 4.78 is 13.0. The first-order chi connectivity index (χ1) is 14.1. The van der Waals surface area contributed by atoms with Crippen LogP contribution in [0.3, 0.4) is 0 Å². The molecule has 0 spiro atoms. The molecule has 1 aliphatic heterocycles. The van der Waals surface area contributed by atoms with Gasteiger partial charge in [-0.15, -0.1) is 0 Å². The van der Waals surface area contributed by atoms with E-state index in [0.717, 1.165) is 30.4 Å². The summed E-state index contributed by atoms with van der Waals surface area (Å²) in [7, 11) is 0. The highest BCUT2D eigenvalue weighted by molar-refractivity contribution is 6.05. The van der Waals surface area contributed by atoms with Crippen LogP contribution in [-0.4, -0.2) is 40.9 Å². The highest BCUT2D eigenvalue weighted by Gasteiger charge is 2.16. The van der Waals surface area contributed by atoms with Crippen molar-refractivity contribution in [1.82, 2.24) is 4.57 Å². The second kappa shape index (κ2) is 8.36. The van der Waals surface area contributed by atoms with E-state index in [1.54, 1.807) is 41.1 Å². The molecule has 7 nitrogen and oxygen atoms in total. The number of hydrogen-bond acceptors (Lipinski definition) is 4. The summed E-state index contributed by atoms with van der Waals surface area (Å²) in [6, 6.07) is 14.3. The quantitative estimate of drug-likeness (QED) is 0.640. The fourth-order valence-electron chi connectivity index (χ4n) is 3.46. The van der Waals surface area contributed by atoms with Crippen LogP contribution in [0.4, 0.5) is 5.69 Å². The van der Waals surface area contributed by atoms with Crippen LogP contribution >= 0.6 is 0 Å². The molecule has 3 aromatic rings. The van der Waals surface area contributed by atoms with E-state index in [2.05, 4.69) is 5.32 Å². The van der Waals surface area contributed by atoms with Crippen molar-refractivity contribution in [3.8, 4) is 5.75 Å². The molecular weight excluding hydrogens is 372 g/mol. The van der Waals surface area contributed by atoms with Gasteiger partial charge in [-0.1, -0.05) is 6.07 Å². The van der Waals surface area contributed by atoms with E-state index in [4.69, 9.17) is 14.6 Å². The van der Waals surface area contributed by atoms with Gasteiger partial charge >= 0.3 is 5.97 Å². The van der Waals surface area contributed by atoms with Gasteiger partial charge in [0.15, 0.2) is 0 Å². The number of anilines is 1. The number of fused-ring (bicyclic) bond motifs is 1. The number of carbonyl (C=O) groups excluding carboxylic acids is 1. The molecule has 1 atom stereocenters. The summed E-state index contributed by atoms with van der Waals surface area (Å²) in [6.45, 7) is 1.16. The number of amides is 1. The van der Waals surface area contributed by atoms with Gasteiger partial charge in [-0.3, -0.25) is 9.59 Å². The molecular formula is C22H22N2O5. The van der Waals surface area contributed by atoms with E-state index in [1.165, 1.54) is 0 Å². The van der Waals surface area contributed by atoms with Gasteiger partial charge in [0, 0.05) is 35.0 Å². The molecule has 1 unspecified atom stereocenters. The van der Waals surface area contributed by atoms with Crippen LogP contribution in [0.5, 0.6) is 5.75 Å². The fraction of sp³-hybridized carbons (Fsp3) is 0.273. The average Bonchev–Trinajstić information content (AvgIpc) is 3.36. The summed E-state index contributed by atoms with van der Waals surface area (Å²) in [5.41, 5.74) is 1.94. The molecule has 29 heavy (non-hydrogen) atoms. The lowest BCUT2D eigenvalue weighted by molar-refractivity contribution is -0.137. The lowest BCUT2D eigenvalue weighted by atomic mass is 10.2. The van der Waals surface area contributed by atoms with E-state index in [-0.39, 0.29) is 18.6 Å². The van der Waals surface area contributed by atoms with Crippen LogP contribution < -0.4 is 10.1 Å². The number of carboxylic acid groups (broad SMARTS) is 1. The number of ether oxygens (including phenoxy) is 2. The zero-order valence-corrected chi connectivity index (χ0v) is 15.8. The minimum Gasteiger partial charge on any atom is -0.491 e. The number of carbonyl (C=O) groups is 2. The SMILES string of the molecule is O=C(O)Cn1ccc2cc(NC(=O)c3cccc(OCC4CCCO4)c3)ccc21. The van der Waals surface area contributed by atoms with Crippen LogP contribution in [0.15, 0.2) is 54.7 Å². The van der Waals surface area contributed by atoms with Gasteiger partial charge in [-0.05, 0) is 55.3 Å². The molecule has 0 bridgehead atoms. The minimum absolute atomic E-state index is 0.103. The van der Waals surface area contributed by atoms with Gasteiger partial charge in [0.2, 0.25) is 0 Å². The third-order valence-corrected chi connectivity index (χ3v) is 4.89. The molecule has 1 aromatic heterocycles. The number of nitrogens with zero attached hydrogens (tertiary/aromatic N) is 1. The largest absolute Gasteiger partial charge is 0.491 e. The Morgan fingerprint density at radius 3 is 2.90 bits per heavy atom. The van der Waals surface area contributed by atoms with Gasteiger partial charge in [0.25, 0.3) is 5.91 Å². The first kappa shape index (κ1) is 19.0. The van der Waals surface area contributed by atoms with Gasteiger partial charge in [0.1, 0.15) is 18.9 Å². The molecule has 0 saturated carbocycles. The molecule has 2 heterocycles. The second-order valence-corrected chi connectivity index (χ2v) is 7.04. The van der Waals surface area contributed by atoms with Crippen molar-refractivity contribution in [1.29, 1.82) is 0 Å². The summed E-state index contributed by atoms with van der Waals surface area (Å²) in [6.07, 6.45) is 3.89. The standard InChI is InChI=1S/C22H22N2O5/c25-21(26)13-24-9-8-15-11-17(6-7-20(15)24)23-22(27)16-3-1-4-18(12-16)29-14-19-5-2-10-28-19/h1,3-4,6-9,11-12,19H,2,5,10,13-14H2,(H,23,27)(H,25,26). The third kappa shape index (κ3) is 4.57. The molecule has 7 heteroatoms. The monoisotopic (exact) mass is 394 g/mol. The van der Waals surface area contributed by atoms with Crippen LogP contribution in [0.1, 0.15) is 23.2 Å². The van der Waals surface area contributed by atoms with Crippen LogP contribution in [-0.2, 0) is 16.1 Å². The van der Waals surface area contributed by atoms with Crippen molar-refractivity contribution in [3.63, 3.8) is 0 Å². The maximum atomic E-state index is 12.6. The minimum atomic E-state index is -0.901. The first-order valence-electron chi connectivity index (χ1n) is 9.55. The fourth-order valence-corrected chi connectivity index (χ4v) is 3.46. The van der Waals surface area contributed by atoms with Gasteiger partial charge < -0.3 is 24.5 Å². The highest BCUT2D eigenvalue weighted by atomic mass is 16.5. The third-order valence-electron chi connectivity index (χ3n) is 4.89. The lowest BCUT2D eigenvalue weighted by Crippen LogP contribution is -2.17. The van der Waals surface area contributed by atoms with Crippen molar-refractivity contribution in [2.75, 3.05) is 18.5 Å². The molecule has 0 radical (unpaired) electrons. The Kier molecular flexibility index (Phi) is 5.48. The van der Waals surface area contributed by atoms with E-state index >= 15 is 0 Å². The Morgan fingerprint density at radius 2 is 2.10 bits per heavy atom. The molecule has 150 valence electrons. The van der Waals surface area contributed by atoms with Gasteiger partial charge in [0.05, 0.1) is 6.10 Å². The Labute approximate surface area is 167 Å². The topological polar surface area (TPSA) is 89.8 Å². The van der Waals surface area contributed by atoms with Crippen molar-refractivity contribution < 1.29 is 24.2 Å².